The SMILES string of the molecule is Cc1cc(-c2ccccn2)[n]([Ga])n1. The minimum atomic E-state index is 0.979. The third kappa shape index (κ3) is 1.68. The molecular formula is C9H8GaN3. The molecule has 13 heavy (non-hydrogen) atoms. The van der Waals surface area contributed by atoms with Crippen molar-refractivity contribution in [1.29, 1.82) is 0 Å². The first-order valence-electron chi connectivity index (χ1n) is 4.00. The Morgan fingerprint density at radius 3 is 2.77 bits per heavy atom. The van der Waals surface area contributed by atoms with Crippen LogP contribution in [-0.2, 0) is 0 Å². The summed E-state index contributed by atoms with van der Waals surface area (Å²) in [5, 5.41) is 4.29. The van der Waals surface area contributed by atoms with E-state index < -0.39 is 0 Å². The maximum atomic E-state index is 4.29. The van der Waals surface area contributed by atoms with Crippen LogP contribution in [0.2, 0.25) is 0 Å². The van der Waals surface area contributed by atoms with E-state index in [2.05, 4.69) is 10.1 Å². The van der Waals surface area contributed by atoms with Crippen molar-refractivity contribution < 1.29 is 0 Å². The number of hydrogen-bond donors (Lipinski definition) is 0. The second kappa shape index (κ2) is 3.39. The third-order valence-electron chi connectivity index (χ3n) is 1.79. The van der Waals surface area contributed by atoms with Gasteiger partial charge in [0, 0.05) is 0 Å². The van der Waals surface area contributed by atoms with Gasteiger partial charge in [-0.05, 0) is 0 Å². The summed E-state index contributed by atoms with van der Waals surface area (Å²) < 4.78 is 1.91. The van der Waals surface area contributed by atoms with E-state index in [1.54, 1.807) is 6.20 Å². The molecule has 0 atom stereocenters. The molecule has 0 bridgehead atoms. The molecule has 2 aromatic heterocycles. The first-order valence-corrected chi connectivity index (χ1v) is 5.09. The zero-order chi connectivity index (χ0) is 9.26. The monoisotopic (exact) mass is 227 g/mol. The number of aryl methyl sites for hydroxylation is 1. The fraction of sp³-hybridized carbons (Fsp3) is 0.111. The molecular weight excluding hydrogens is 220 g/mol. The topological polar surface area (TPSA) is 30.7 Å². The van der Waals surface area contributed by atoms with Crippen molar-refractivity contribution in [3.63, 3.8) is 0 Å². The first kappa shape index (κ1) is 8.59. The number of pyridine rings is 1. The van der Waals surface area contributed by atoms with Gasteiger partial charge in [-0.3, -0.25) is 0 Å². The Hall–Kier alpha value is -1.00. The second-order valence-corrected chi connectivity index (χ2v) is 3.86. The molecule has 0 unspecified atom stereocenters. The van der Waals surface area contributed by atoms with Crippen molar-refractivity contribution in [3.8, 4) is 11.4 Å². The Morgan fingerprint density at radius 1 is 1.38 bits per heavy atom. The van der Waals surface area contributed by atoms with Crippen LogP contribution in [0, 0.1) is 6.92 Å². The zero-order valence-electron chi connectivity index (χ0n) is 7.31. The summed E-state index contributed by atoms with van der Waals surface area (Å²) in [5.74, 6) is 0. The summed E-state index contributed by atoms with van der Waals surface area (Å²) in [4.78, 5) is 4.27. The van der Waals surface area contributed by atoms with Crippen LogP contribution < -0.4 is 0 Å². The number of hydrogen-bond acceptors (Lipinski definition) is 2. The summed E-state index contributed by atoms with van der Waals surface area (Å²) in [6.45, 7) is 1.99. The van der Waals surface area contributed by atoms with Gasteiger partial charge >= 0.3 is 86.8 Å². The van der Waals surface area contributed by atoms with Crippen molar-refractivity contribution in [2.45, 2.75) is 6.92 Å². The summed E-state index contributed by atoms with van der Waals surface area (Å²) in [7, 11) is 0. The van der Waals surface area contributed by atoms with E-state index in [0.717, 1.165) is 17.1 Å². The van der Waals surface area contributed by atoms with Gasteiger partial charge in [-0.15, -0.1) is 0 Å². The van der Waals surface area contributed by atoms with Crippen LogP contribution in [0.25, 0.3) is 11.4 Å². The Balaban J connectivity index is 2.53. The van der Waals surface area contributed by atoms with Crippen LogP contribution in [0.15, 0.2) is 30.5 Å². The van der Waals surface area contributed by atoms with Crippen LogP contribution in [-0.4, -0.2) is 32.3 Å². The average molecular weight is 228 g/mol. The number of aromatic nitrogens is 3. The molecule has 2 aromatic rings. The van der Waals surface area contributed by atoms with Crippen LogP contribution in [0.3, 0.4) is 0 Å². The average Bonchev–Trinajstić information content (AvgIpc) is 2.47. The molecule has 62 valence electrons. The minimum absolute atomic E-state index is 0.979. The Labute approximate surface area is 87.0 Å². The molecule has 0 saturated heterocycles. The fourth-order valence-corrected chi connectivity index (χ4v) is 2.04. The molecule has 0 amide bonds. The van der Waals surface area contributed by atoms with E-state index >= 15 is 0 Å². The van der Waals surface area contributed by atoms with Crippen molar-refractivity contribution in [2.75, 3.05) is 0 Å². The zero-order valence-corrected chi connectivity index (χ0v) is 9.73. The summed E-state index contributed by atoms with van der Waals surface area (Å²) in [5.41, 5.74) is 3.09. The van der Waals surface area contributed by atoms with E-state index in [1.807, 2.05) is 34.6 Å². The molecule has 0 aliphatic rings. The van der Waals surface area contributed by atoms with Crippen LogP contribution in [0.1, 0.15) is 5.69 Å². The van der Waals surface area contributed by atoms with Gasteiger partial charge in [-0.1, -0.05) is 0 Å². The van der Waals surface area contributed by atoms with Gasteiger partial charge in [0.1, 0.15) is 0 Å². The summed E-state index contributed by atoms with van der Waals surface area (Å²) in [6.07, 6.45) is 1.80. The molecule has 3 nitrogen and oxygen atoms in total. The molecule has 0 fully saturated rings. The van der Waals surface area contributed by atoms with Crippen LogP contribution in [0.5, 0.6) is 0 Å². The van der Waals surface area contributed by atoms with Crippen molar-refractivity contribution in [2.24, 2.45) is 0 Å². The molecule has 0 aliphatic heterocycles. The van der Waals surface area contributed by atoms with Crippen LogP contribution >= 0.6 is 0 Å². The van der Waals surface area contributed by atoms with Gasteiger partial charge in [0.2, 0.25) is 0 Å². The van der Waals surface area contributed by atoms with Gasteiger partial charge in [0.25, 0.3) is 0 Å². The predicted octanol–water partition coefficient (Wildman–Crippen LogP) is 1.19. The fourth-order valence-electron chi connectivity index (χ4n) is 1.22. The third-order valence-corrected chi connectivity index (χ3v) is 2.61. The molecule has 0 spiro atoms. The van der Waals surface area contributed by atoms with Gasteiger partial charge in [0.15, 0.2) is 0 Å². The molecule has 2 heterocycles. The summed E-state index contributed by atoms with van der Waals surface area (Å²) >= 11 is 1.46. The molecule has 2 rings (SSSR count). The Morgan fingerprint density at radius 2 is 2.23 bits per heavy atom. The van der Waals surface area contributed by atoms with Crippen molar-refractivity contribution >= 4 is 18.8 Å². The van der Waals surface area contributed by atoms with E-state index in [0.29, 0.717) is 0 Å². The van der Waals surface area contributed by atoms with Gasteiger partial charge in [-0.25, -0.2) is 0 Å². The van der Waals surface area contributed by atoms with E-state index in [-0.39, 0.29) is 0 Å². The summed E-state index contributed by atoms with van der Waals surface area (Å²) in [6, 6.07) is 7.94. The molecule has 0 aromatic carbocycles. The molecule has 0 N–H and O–H groups in total. The molecule has 2 radical (unpaired) electrons. The normalized spacial score (nSPS) is 10.2. The van der Waals surface area contributed by atoms with E-state index in [1.165, 1.54) is 18.8 Å². The van der Waals surface area contributed by atoms with Crippen molar-refractivity contribution in [1.82, 2.24) is 13.5 Å². The standard InChI is InChI=1S/C9H8N3.Ga/c1-7-6-9(12-11-7)8-4-2-3-5-10-8;/h2-6H,1H3;/q-1;+1. The molecule has 0 aliphatic carbocycles. The number of rotatable bonds is 1. The van der Waals surface area contributed by atoms with E-state index in [4.69, 9.17) is 0 Å². The second-order valence-electron chi connectivity index (χ2n) is 2.83. The molecule has 4 heteroatoms. The van der Waals surface area contributed by atoms with Gasteiger partial charge in [0.05, 0.1) is 0 Å². The maximum absolute atomic E-state index is 4.29. The molecule has 0 saturated carbocycles. The number of nitrogens with zero attached hydrogens (tertiary/aromatic N) is 3. The Bertz CT molecular complexity index is 408. The van der Waals surface area contributed by atoms with Gasteiger partial charge < -0.3 is 0 Å². The van der Waals surface area contributed by atoms with E-state index in [9.17, 15) is 0 Å². The van der Waals surface area contributed by atoms with Crippen molar-refractivity contribution in [3.05, 3.63) is 36.2 Å². The Kier molecular flexibility index (Phi) is 2.24. The predicted molar refractivity (Wildman–Crippen MR) is 51.3 cm³/mol. The first-order chi connectivity index (χ1) is 6.27. The van der Waals surface area contributed by atoms with Gasteiger partial charge in [-0.2, -0.15) is 0 Å². The quantitative estimate of drug-likeness (QED) is 0.686. The van der Waals surface area contributed by atoms with Crippen LogP contribution in [0.4, 0.5) is 0 Å².